The molecule has 0 aliphatic carbocycles. The lowest BCUT2D eigenvalue weighted by Gasteiger charge is -2.26. The lowest BCUT2D eigenvalue weighted by Crippen LogP contribution is -2.34. The fraction of sp³-hybridized carbons (Fsp3) is 0.941. The normalized spacial score (nSPS) is 15.6. The Morgan fingerprint density at radius 3 is 2.00 bits per heavy atom. The summed E-state index contributed by atoms with van der Waals surface area (Å²) in [5, 5.41) is 0. The number of rotatable bonds is 7. The van der Waals surface area contributed by atoms with Crippen LogP contribution < -0.4 is 0 Å². The van der Waals surface area contributed by atoms with Crippen LogP contribution in [0.25, 0.3) is 0 Å². The molecule has 0 aromatic carbocycles. The molecule has 0 N–H and O–H groups in total. The second-order valence-corrected chi connectivity index (χ2v) is 8.02. The molecule has 0 atom stereocenters. The zero-order valence-electron chi connectivity index (χ0n) is 16.8. The SMILES string of the molecule is [2H]C([2H])([2H])N(CC(C)(C)C)C(=O)CCCCCCC(C)(C)C. The van der Waals surface area contributed by atoms with Gasteiger partial charge in [0.15, 0.2) is 0 Å². The summed E-state index contributed by atoms with van der Waals surface area (Å²) in [6.07, 6.45) is 5.57. The van der Waals surface area contributed by atoms with Crippen LogP contribution in [0.2, 0.25) is 0 Å². The summed E-state index contributed by atoms with van der Waals surface area (Å²) in [4.78, 5) is 13.3. The van der Waals surface area contributed by atoms with Crippen LogP contribution >= 0.6 is 0 Å². The number of carbonyl (C=O) groups excluding carboxylic acids is 1. The molecule has 0 saturated heterocycles. The zero-order chi connectivity index (χ0) is 17.6. The average Bonchev–Trinajstić information content (AvgIpc) is 2.26. The fourth-order valence-electron chi connectivity index (χ4n) is 1.98. The van der Waals surface area contributed by atoms with Gasteiger partial charge in [-0.25, -0.2) is 0 Å². The summed E-state index contributed by atoms with van der Waals surface area (Å²) >= 11 is 0. The van der Waals surface area contributed by atoms with Gasteiger partial charge in [-0.1, -0.05) is 60.8 Å². The highest BCUT2D eigenvalue weighted by Gasteiger charge is 2.17. The quantitative estimate of drug-likeness (QED) is 0.605. The number of hydrogen-bond donors (Lipinski definition) is 0. The van der Waals surface area contributed by atoms with Gasteiger partial charge in [0.25, 0.3) is 0 Å². The van der Waals surface area contributed by atoms with Crippen molar-refractivity contribution in [3.63, 3.8) is 0 Å². The minimum Gasteiger partial charge on any atom is -0.345 e. The van der Waals surface area contributed by atoms with Crippen LogP contribution in [0.3, 0.4) is 0 Å². The molecule has 0 saturated carbocycles. The van der Waals surface area contributed by atoms with Crippen molar-refractivity contribution in [2.45, 2.75) is 80.1 Å². The molecule has 0 radical (unpaired) electrons. The summed E-state index contributed by atoms with van der Waals surface area (Å²) in [7, 11) is 0. The second kappa shape index (κ2) is 7.91. The van der Waals surface area contributed by atoms with Crippen LogP contribution in [0.1, 0.15) is 84.2 Å². The van der Waals surface area contributed by atoms with E-state index in [1.54, 1.807) is 0 Å². The van der Waals surface area contributed by atoms with E-state index in [4.69, 9.17) is 4.11 Å². The van der Waals surface area contributed by atoms with Gasteiger partial charge in [0.2, 0.25) is 5.91 Å². The van der Waals surface area contributed by atoms with Crippen LogP contribution in [0.4, 0.5) is 0 Å². The molecule has 2 heteroatoms. The van der Waals surface area contributed by atoms with Crippen molar-refractivity contribution in [3.8, 4) is 0 Å². The molecule has 0 bridgehead atoms. The summed E-state index contributed by atoms with van der Waals surface area (Å²) in [5.74, 6) is -0.245. The van der Waals surface area contributed by atoms with Crippen molar-refractivity contribution < 1.29 is 8.91 Å². The van der Waals surface area contributed by atoms with Crippen molar-refractivity contribution in [2.75, 3.05) is 13.5 Å². The summed E-state index contributed by atoms with van der Waals surface area (Å²) < 4.78 is 22.7. The third-order valence-electron chi connectivity index (χ3n) is 3.00. The maximum Gasteiger partial charge on any atom is 0.222 e. The maximum absolute atomic E-state index is 12.2. The number of unbranched alkanes of at least 4 members (excludes halogenated alkanes) is 3. The molecule has 0 aliphatic heterocycles. The van der Waals surface area contributed by atoms with Gasteiger partial charge in [0.1, 0.15) is 0 Å². The van der Waals surface area contributed by atoms with Crippen molar-refractivity contribution in [1.82, 2.24) is 4.90 Å². The first-order valence-corrected chi connectivity index (χ1v) is 7.53. The minimum atomic E-state index is -2.34. The Bertz CT molecular complexity index is 337. The highest BCUT2D eigenvalue weighted by Crippen LogP contribution is 2.22. The van der Waals surface area contributed by atoms with Gasteiger partial charge in [0.05, 0.1) is 0 Å². The van der Waals surface area contributed by atoms with Gasteiger partial charge in [-0.05, 0) is 23.7 Å². The Morgan fingerprint density at radius 1 is 0.947 bits per heavy atom. The summed E-state index contributed by atoms with van der Waals surface area (Å²) in [5.41, 5.74) is 0.150. The molecule has 0 aromatic rings. The lowest BCUT2D eigenvalue weighted by molar-refractivity contribution is -0.131. The van der Waals surface area contributed by atoms with Crippen LogP contribution in [0.15, 0.2) is 0 Å². The molecule has 0 rings (SSSR count). The van der Waals surface area contributed by atoms with E-state index in [0.717, 1.165) is 24.2 Å². The topological polar surface area (TPSA) is 20.3 Å². The maximum atomic E-state index is 12.2. The third kappa shape index (κ3) is 12.3. The van der Waals surface area contributed by atoms with E-state index in [1.807, 2.05) is 20.8 Å². The van der Waals surface area contributed by atoms with Gasteiger partial charge in [0, 0.05) is 24.1 Å². The van der Waals surface area contributed by atoms with Gasteiger partial charge in [-0.3, -0.25) is 4.79 Å². The van der Waals surface area contributed by atoms with Crippen LogP contribution in [-0.4, -0.2) is 24.3 Å². The van der Waals surface area contributed by atoms with E-state index in [9.17, 15) is 4.79 Å². The first-order valence-electron chi connectivity index (χ1n) is 9.03. The highest BCUT2D eigenvalue weighted by atomic mass is 16.2. The molecule has 0 fully saturated rings. The number of carbonyl (C=O) groups is 1. The van der Waals surface area contributed by atoms with Gasteiger partial charge < -0.3 is 4.90 Å². The number of hydrogen-bond acceptors (Lipinski definition) is 1. The predicted octanol–water partition coefficient (Wildman–Crippen LogP) is 4.88. The standard InChI is InChI=1S/C17H35NO/c1-16(2,3)13-11-9-8-10-12-15(19)18(7)14-17(4,5)6/h8-14H2,1-7H3/i7D3. The van der Waals surface area contributed by atoms with E-state index >= 15 is 0 Å². The lowest BCUT2D eigenvalue weighted by atomic mass is 9.89. The Hall–Kier alpha value is -0.530. The van der Waals surface area contributed by atoms with Crippen LogP contribution in [0, 0.1) is 10.8 Å². The Balaban J connectivity index is 4.20. The predicted molar refractivity (Wildman–Crippen MR) is 84.2 cm³/mol. The van der Waals surface area contributed by atoms with Crippen molar-refractivity contribution in [3.05, 3.63) is 0 Å². The van der Waals surface area contributed by atoms with Gasteiger partial charge >= 0.3 is 0 Å². The Morgan fingerprint density at radius 2 is 1.53 bits per heavy atom. The third-order valence-corrected chi connectivity index (χ3v) is 3.00. The Kier molecular flexibility index (Phi) is 5.60. The van der Waals surface area contributed by atoms with E-state index in [-0.39, 0.29) is 17.9 Å². The molecular weight excluding hydrogens is 234 g/mol. The molecule has 0 spiro atoms. The molecule has 19 heavy (non-hydrogen) atoms. The molecule has 0 aliphatic rings. The molecule has 0 heterocycles. The van der Waals surface area contributed by atoms with E-state index < -0.39 is 6.98 Å². The summed E-state index contributed by atoms with van der Waals surface area (Å²) in [6, 6.07) is 0. The summed E-state index contributed by atoms with van der Waals surface area (Å²) in [6.45, 7) is 10.5. The average molecular weight is 272 g/mol. The molecule has 2 nitrogen and oxygen atoms in total. The van der Waals surface area contributed by atoms with Crippen molar-refractivity contribution in [2.24, 2.45) is 10.8 Å². The Labute approximate surface area is 125 Å². The largest absolute Gasteiger partial charge is 0.345 e. The van der Waals surface area contributed by atoms with E-state index in [2.05, 4.69) is 20.8 Å². The van der Waals surface area contributed by atoms with Gasteiger partial charge in [-0.2, -0.15) is 0 Å². The molecule has 114 valence electrons. The molecule has 1 amide bonds. The molecular formula is C17H35NO. The van der Waals surface area contributed by atoms with E-state index in [1.165, 1.54) is 12.8 Å². The first kappa shape index (κ1) is 13.5. The van der Waals surface area contributed by atoms with Gasteiger partial charge in [-0.15, -0.1) is 0 Å². The number of nitrogens with zero attached hydrogens (tertiary/aromatic N) is 1. The monoisotopic (exact) mass is 272 g/mol. The van der Waals surface area contributed by atoms with Crippen molar-refractivity contribution in [1.29, 1.82) is 0 Å². The fourth-order valence-corrected chi connectivity index (χ4v) is 1.98. The molecule has 0 aromatic heterocycles. The van der Waals surface area contributed by atoms with E-state index in [0.29, 0.717) is 11.8 Å². The first-order chi connectivity index (χ1) is 9.72. The molecule has 0 unspecified atom stereocenters. The van der Waals surface area contributed by atoms with Crippen LogP contribution in [0.5, 0.6) is 0 Å². The second-order valence-electron chi connectivity index (χ2n) is 8.02. The smallest absolute Gasteiger partial charge is 0.222 e. The number of amides is 1. The highest BCUT2D eigenvalue weighted by molar-refractivity contribution is 5.75. The van der Waals surface area contributed by atoms with Crippen molar-refractivity contribution >= 4 is 5.91 Å². The minimum absolute atomic E-state index is 0.212. The van der Waals surface area contributed by atoms with Crippen LogP contribution in [-0.2, 0) is 4.79 Å². The zero-order valence-corrected chi connectivity index (χ0v) is 13.8.